The quantitative estimate of drug-likeness (QED) is 0.921. The maximum Gasteiger partial charge on any atom is 0.0939 e. The molecule has 3 rings (SSSR count). The molecule has 2 aliphatic rings. The van der Waals surface area contributed by atoms with Crippen LogP contribution in [0.1, 0.15) is 30.4 Å². The molecule has 1 spiro atoms. The first-order chi connectivity index (χ1) is 9.67. The Morgan fingerprint density at radius 1 is 1.40 bits per heavy atom. The summed E-state index contributed by atoms with van der Waals surface area (Å²) in [5.41, 5.74) is 9.11. The molecule has 3 atom stereocenters. The minimum atomic E-state index is -0.0346. The van der Waals surface area contributed by atoms with Crippen LogP contribution in [0.2, 0.25) is 0 Å². The molecule has 0 amide bonds. The van der Waals surface area contributed by atoms with E-state index in [1.54, 1.807) is 0 Å². The normalized spacial score (nSPS) is 31.6. The third-order valence-corrected chi connectivity index (χ3v) is 4.76. The lowest BCUT2D eigenvalue weighted by molar-refractivity contribution is -0.101. The molecule has 2 N–H and O–H groups in total. The van der Waals surface area contributed by atoms with Crippen LogP contribution in [0.25, 0.3) is 0 Å². The molecule has 3 unspecified atom stereocenters. The molecule has 0 aliphatic carbocycles. The Bertz CT molecular complexity index is 454. The molecule has 1 aromatic carbocycles. The Kier molecular flexibility index (Phi) is 4.11. The van der Waals surface area contributed by atoms with Gasteiger partial charge in [0, 0.05) is 25.7 Å². The van der Waals surface area contributed by atoms with Crippen molar-refractivity contribution in [2.45, 2.75) is 44.2 Å². The zero-order valence-corrected chi connectivity index (χ0v) is 12.3. The molecule has 3 nitrogen and oxygen atoms in total. The van der Waals surface area contributed by atoms with Gasteiger partial charge in [0.1, 0.15) is 0 Å². The van der Waals surface area contributed by atoms with Crippen molar-refractivity contribution in [3.05, 3.63) is 35.4 Å². The number of aryl methyl sites for hydroxylation is 1. The van der Waals surface area contributed by atoms with E-state index in [0.29, 0.717) is 5.92 Å². The van der Waals surface area contributed by atoms with Crippen molar-refractivity contribution in [2.75, 3.05) is 19.8 Å². The minimum absolute atomic E-state index is 0.0346. The van der Waals surface area contributed by atoms with Gasteiger partial charge in [0.05, 0.1) is 12.2 Å². The summed E-state index contributed by atoms with van der Waals surface area (Å²) < 4.78 is 11.5. The van der Waals surface area contributed by atoms with Crippen LogP contribution in [0.4, 0.5) is 0 Å². The van der Waals surface area contributed by atoms with Gasteiger partial charge in [0.2, 0.25) is 0 Å². The molecule has 110 valence electrons. The lowest BCUT2D eigenvalue weighted by Gasteiger charge is -2.39. The van der Waals surface area contributed by atoms with E-state index in [-0.39, 0.29) is 11.6 Å². The SMILES string of the molecule is Cc1cccc(CC(N)C2CCOC3(CCOC3)C2)c1. The van der Waals surface area contributed by atoms with Crippen molar-refractivity contribution in [1.82, 2.24) is 0 Å². The van der Waals surface area contributed by atoms with Gasteiger partial charge in [-0.3, -0.25) is 0 Å². The molecule has 0 bridgehead atoms. The highest BCUT2D eigenvalue weighted by Crippen LogP contribution is 2.37. The fraction of sp³-hybridized carbons (Fsp3) is 0.647. The number of nitrogens with two attached hydrogens (primary N) is 1. The highest BCUT2D eigenvalue weighted by Gasteiger charge is 2.42. The molecule has 2 aliphatic heterocycles. The summed E-state index contributed by atoms with van der Waals surface area (Å²) in [5, 5.41) is 0. The zero-order valence-electron chi connectivity index (χ0n) is 12.3. The summed E-state index contributed by atoms with van der Waals surface area (Å²) in [6.07, 6.45) is 4.12. The monoisotopic (exact) mass is 275 g/mol. The highest BCUT2D eigenvalue weighted by molar-refractivity contribution is 5.23. The number of ether oxygens (including phenoxy) is 2. The first kappa shape index (κ1) is 14.1. The van der Waals surface area contributed by atoms with Crippen molar-refractivity contribution in [1.29, 1.82) is 0 Å². The summed E-state index contributed by atoms with van der Waals surface area (Å²) in [5.74, 6) is 0.547. The molecule has 2 saturated heterocycles. The van der Waals surface area contributed by atoms with Crippen LogP contribution in [-0.2, 0) is 15.9 Å². The van der Waals surface area contributed by atoms with Gasteiger partial charge in [-0.2, -0.15) is 0 Å². The Hall–Kier alpha value is -0.900. The lowest BCUT2D eigenvalue weighted by atomic mass is 9.79. The van der Waals surface area contributed by atoms with Crippen molar-refractivity contribution in [3.63, 3.8) is 0 Å². The predicted octanol–water partition coefficient (Wildman–Crippen LogP) is 2.45. The molecular formula is C17H25NO2. The van der Waals surface area contributed by atoms with Crippen LogP contribution >= 0.6 is 0 Å². The third-order valence-electron chi connectivity index (χ3n) is 4.76. The van der Waals surface area contributed by atoms with Gasteiger partial charge in [-0.05, 0) is 37.7 Å². The molecule has 2 fully saturated rings. The van der Waals surface area contributed by atoms with E-state index in [0.717, 1.165) is 45.5 Å². The highest BCUT2D eigenvalue weighted by atomic mass is 16.6. The second kappa shape index (κ2) is 5.84. The summed E-state index contributed by atoms with van der Waals surface area (Å²) in [4.78, 5) is 0. The molecule has 0 saturated carbocycles. The smallest absolute Gasteiger partial charge is 0.0939 e. The number of hydrogen-bond acceptors (Lipinski definition) is 3. The number of benzene rings is 1. The van der Waals surface area contributed by atoms with Crippen LogP contribution in [0.3, 0.4) is 0 Å². The summed E-state index contributed by atoms with van der Waals surface area (Å²) in [7, 11) is 0. The number of hydrogen-bond donors (Lipinski definition) is 1. The van der Waals surface area contributed by atoms with Crippen LogP contribution in [0.15, 0.2) is 24.3 Å². The topological polar surface area (TPSA) is 44.5 Å². The van der Waals surface area contributed by atoms with Crippen molar-refractivity contribution < 1.29 is 9.47 Å². The van der Waals surface area contributed by atoms with E-state index in [1.807, 2.05) is 0 Å². The van der Waals surface area contributed by atoms with E-state index >= 15 is 0 Å². The fourth-order valence-corrected chi connectivity index (χ4v) is 3.57. The second-order valence-electron chi connectivity index (χ2n) is 6.44. The van der Waals surface area contributed by atoms with Crippen LogP contribution in [-0.4, -0.2) is 31.5 Å². The van der Waals surface area contributed by atoms with Crippen LogP contribution in [0, 0.1) is 12.8 Å². The molecule has 0 radical (unpaired) electrons. The second-order valence-corrected chi connectivity index (χ2v) is 6.44. The van der Waals surface area contributed by atoms with Crippen LogP contribution < -0.4 is 5.73 Å². The van der Waals surface area contributed by atoms with Gasteiger partial charge in [0.25, 0.3) is 0 Å². The standard InChI is InChI=1S/C17H25NO2/c1-13-3-2-4-14(9-13)10-16(18)15-5-7-20-17(11-15)6-8-19-12-17/h2-4,9,15-16H,5-8,10-12,18H2,1H3. The van der Waals surface area contributed by atoms with E-state index < -0.39 is 0 Å². The van der Waals surface area contributed by atoms with Gasteiger partial charge in [-0.15, -0.1) is 0 Å². The molecule has 1 aromatic rings. The summed E-state index contributed by atoms with van der Waals surface area (Å²) >= 11 is 0. The molecule has 3 heteroatoms. The van der Waals surface area contributed by atoms with E-state index in [2.05, 4.69) is 31.2 Å². The van der Waals surface area contributed by atoms with Crippen molar-refractivity contribution in [2.24, 2.45) is 11.7 Å². The zero-order chi connectivity index (χ0) is 14.0. The molecule has 0 aromatic heterocycles. The number of rotatable bonds is 3. The van der Waals surface area contributed by atoms with E-state index in [9.17, 15) is 0 Å². The molecule has 20 heavy (non-hydrogen) atoms. The van der Waals surface area contributed by atoms with Gasteiger partial charge < -0.3 is 15.2 Å². The largest absolute Gasteiger partial charge is 0.378 e. The molecular weight excluding hydrogens is 250 g/mol. The van der Waals surface area contributed by atoms with Crippen molar-refractivity contribution in [3.8, 4) is 0 Å². The minimum Gasteiger partial charge on any atom is -0.378 e. The Balaban J connectivity index is 1.63. The fourth-order valence-electron chi connectivity index (χ4n) is 3.57. The summed E-state index contributed by atoms with van der Waals surface area (Å²) in [6, 6.07) is 8.90. The lowest BCUT2D eigenvalue weighted by Crippen LogP contribution is -2.46. The predicted molar refractivity (Wildman–Crippen MR) is 79.7 cm³/mol. The Labute approximate surface area is 121 Å². The molecule has 2 heterocycles. The van der Waals surface area contributed by atoms with Crippen molar-refractivity contribution >= 4 is 0 Å². The maximum atomic E-state index is 6.49. The van der Waals surface area contributed by atoms with Gasteiger partial charge >= 0.3 is 0 Å². The van der Waals surface area contributed by atoms with E-state index in [4.69, 9.17) is 15.2 Å². The van der Waals surface area contributed by atoms with Gasteiger partial charge in [-0.1, -0.05) is 29.8 Å². The van der Waals surface area contributed by atoms with E-state index in [1.165, 1.54) is 11.1 Å². The first-order valence-electron chi connectivity index (χ1n) is 7.70. The Morgan fingerprint density at radius 2 is 2.30 bits per heavy atom. The van der Waals surface area contributed by atoms with Crippen LogP contribution in [0.5, 0.6) is 0 Å². The first-order valence-corrected chi connectivity index (χ1v) is 7.70. The van der Waals surface area contributed by atoms with Gasteiger partial charge in [-0.25, -0.2) is 0 Å². The Morgan fingerprint density at radius 3 is 3.05 bits per heavy atom. The van der Waals surface area contributed by atoms with Gasteiger partial charge in [0.15, 0.2) is 0 Å². The maximum absolute atomic E-state index is 6.49. The summed E-state index contributed by atoms with van der Waals surface area (Å²) in [6.45, 7) is 4.55. The average molecular weight is 275 g/mol. The third kappa shape index (κ3) is 3.05. The average Bonchev–Trinajstić information content (AvgIpc) is 2.87.